The summed E-state index contributed by atoms with van der Waals surface area (Å²) in [6, 6.07) is 44.7. The van der Waals surface area contributed by atoms with Crippen molar-refractivity contribution in [2.75, 3.05) is 0 Å². The maximum atomic E-state index is 2.39. The Labute approximate surface area is 211 Å². The zero-order valence-corrected chi connectivity index (χ0v) is 20.5. The van der Waals surface area contributed by atoms with Crippen LogP contribution < -0.4 is 0 Å². The maximum Gasteiger partial charge on any atom is -0.00199 e. The SMILES string of the molecule is Cc1ccc(-c2c3ccccc3c(-c3cc4ccccc4c4ccccc34)c3ccccc23)cc1C. The molecule has 0 atom stereocenters. The van der Waals surface area contributed by atoms with E-state index >= 15 is 0 Å². The molecule has 7 aromatic carbocycles. The molecule has 0 bridgehead atoms. The minimum Gasteiger partial charge on any atom is -0.0616 e. The zero-order chi connectivity index (χ0) is 24.2. The van der Waals surface area contributed by atoms with Gasteiger partial charge in [-0.3, -0.25) is 0 Å². The lowest BCUT2D eigenvalue weighted by Crippen LogP contribution is -1.93. The Kier molecular flexibility index (Phi) is 4.69. The highest BCUT2D eigenvalue weighted by atomic mass is 14.2. The van der Waals surface area contributed by atoms with Gasteiger partial charge in [-0.05, 0) is 96.4 Å². The highest BCUT2D eigenvalue weighted by Gasteiger charge is 2.18. The average Bonchev–Trinajstić information content (AvgIpc) is 2.93. The molecule has 0 heterocycles. The molecule has 36 heavy (non-hydrogen) atoms. The first kappa shape index (κ1) is 20.9. The number of rotatable bonds is 2. The van der Waals surface area contributed by atoms with Gasteiger partial charge < -0.3 is 0 Å². The van der Waals surface area contributed by atoms with E-state index in [0.717, 1.165) is 0 Å². The molecule has 0 N–H and O–H groups in total. The quantitative estimate of drug-likeness (QED) is 0.178. The largest absolute Gasteiger partial charge is 0.0616 e. The van der Waals surface area contributed by atoms with Crippen LogP contribution in [0.4, 0.5) is 0 Å². The van der Waals surface area contributed by atoms with E-state index in [1.807, 2.05) is 0 Å². The minimum absolute atomic E-state index is 1.28. The molecule has 170 valence electrons. The van der Waals surface area contributed by atoms with Gasteiger partial charge in [0.05, 0.1) is 0 Å². The van der Waals surface area contributed by atoms with Crippen LogP contribution in [0, 0.1) is 13.8 Å². The molecule has 0 aromatic heterocycles. The van der Waals surface area contributed by atoms with E-state index in [9.17, 15) is 0 Å². The molecule has 0 nitrogen and oxygen atoms in total. The topological polar surface area (TPSA) is 0 Å². The Morgan fingerprint density at radius 2 is 0.861 bits per heavy atom. The van der Waals surface area contributed by atoms with Gasteiger partial charge in [0.1, 0.15) is 0 Å². The Bertz CT molecular complexity index is 1900. The van der Waals surface area contributed by atoms with E-state index < -0.39 is 0 Å². The summed E-state index contributed by atoms with van der Waals surface area (Å²) in [6.45, 7) is 4.39. The van der Waals surface area contributed by atoms with Crippen molar-refractivity contribution in [3.63, 3.8) is 0 Å². The van der Waals surface area contributed by atoms with Crippen molar-refractivity contribution in [1.82, 2.24) is 0 Å². The summed E-state index contributed by atoms with van der Waals surface area (Å²) in [6.07, 6.45) is 0. The third-order valence-electron chi connectivity index (χ3n) is 7.76. The lowest BCUT2D eigenvalue weighted by Gasteiger charge is -2.20. The Morgan fingerprint density at radius 3 is 1.47 bits per heavy atom. The molecule has 0 heteroatoms. The second-order valence-corrected chi connectivity index (χ2v) is 9.83. The average molecular weight is 459 g/mol. The molecular weight excluding hydrogens is 432 g/mol. The highest BCUT2D eigenvalue weighted by Crippen LogP contribution is 2.46. The van der Waals surface area contributed by atoms with Crippen molar-refractivity contribution in [2.24, 2.45) is 0 Å². The molecular formula is C36H26. The Balaban J connectivity index is 1.69. The lowest BCUT2D eigenvalue weighted by molar-refractivity contribution is 1.34. The van der Waals surface area contributed by atoms with Crippen LogP contribution >= 0.6 is 0 Å². The van der Waals surface area contributed by atoms with Crippen LogP contribution in [0.25, 0.3) is 65.3 Å². The molecule has 0 fully saturated rings. The molecule has 7 rings (SSSR count). The normalized spacial score (nSPS) is 11.6. The number of benzene rings is 7. The number of aryl methyl sites for hydroxylation is 2. The molecule has 0 radical (unpaired) electrons. The maximum absolute atomic E-state index is 2.39. The molecule has 0 saturated carbocycles. The Hall–Kier alpha value is -4.42. The molecule has 0 unspecified atom stereocenters. The van der Waals surface area contributed by atoms with Gasteiger partial charge in [0.25, 0.3) is 0 Å². The summed E-state index contributed by atoms with van der Waals surface area (Å²) in [5.41, 5.74) is 7.86. The molecule has 0 amide bonds. The lowest BCUT2D eigenvalue weighted by atomic mass is 9.83. The fourth-order valence-electron chi connectivity index (χ4n) is 5.89. The van der Waals surface area contributed by atoms with E-state index in [-0.39, 0.29) is 0 Å². The summed E-state index contributed by atoms with van der Waals surface area (Å²) >= 11 is 0. The van der Waals surface area contributed by atoms with Crippen molar-refractivity contribution in [3.05, 3.63) is 132 Å². The highest BCUT2D eigenvalue weighted by molar-refractivity contribution is 6.25. The smallest absolute Gasteiger partial charge is 0.00199 e. The predicted molar refractivity (Wildman–Crippen MR) is 157 cm³/mol. The molecule has 0 aliphatic heterocycles. The monoisotopic (exact) mass is 458 g/mol. The molecule has 0 aliphatic carbocycles. The van der Waals surface area contributed by atoms with E-state index in [2.05, 4.69) is 135 Å². The van der Waals surface area contributed by atoms with Gasteiger partial charge in [0.2, 0.25) is 0 Å². The van der Waals surface area contributed by atoms with Gasteiger partial charge in [-0.2, -0.15) is 0 Å². The summed E-state index contributed by atoms with van der Waals surface area (Å²) in [4.78, 5) is 0. The third kappa shape index (κ3) is 3.08. The molecule has 7 aromatic rings. The number of hydrogen-bond donors (Lipinski definition) is 0. The first-order valence-corrected chi connectivity index (χ1v) is 12.6. The second-order valence-electron chi connectivity index (χ2n) is 9.83. The standard InChI is InChI=1S/C36H26/c1-23-19-20-26(21-24(23)2)35-30-15-7-9-17-32(30)36(33-18-10-8-16-31(33)35)34-22-25-11-3-4-12-27(25)28-13-5-6-14-29(28)34/h3-22H,1-2H3. The molecule has 0 spiro atoms. The number of hydrogen-bond acceptors (Lipinski definition) is 0. The van der Waals surface area contributed by atoms with Crippen molar-refractivity contribution in [1.29, 1.82) is 0 Å². The fourth-order valence-corrected chi connectivity index (χ4v) is 5.89. The van der Waals surface area contributed by atoms with Crippen LogP contribution in [-0.4, -0.2) is 0 Å². The number of fused-ring (bicyclic) bond motifs is 5. The van der Waals surface area contributed by atoms with Crippen molar-refractivity contribution >= 4 is 43.1 Å². The second kappa shape index (κ2) is 8.07. The fraction of sp³-hybridized carbons (Fsp3) is 0.0556. The van der Waals surface area contributed by atoms with E-state index in [1.54, 1.807) is 0 Å². The van der Waals surface area contributed by atoms with Crippen LogP contribution in [0.2, 0.25) is 0 Å². The van der Waals surface area contributed by atoms with Crippen LogP contribution in [0.1, 0.15) is 11.1 Å². The Morgan fingerprint density at radius 1 is 0.361 bits per heavy atom. The third-order valence-corrected chi connectivity index (χ3v) is 7.76. The van der Waals surface area contributed by atoms with Crippen molar-refractivity contribution < 1.29 is 0 Å². The van der Waals surface area contributed by atoms with E-state index in [0.29, 0.717) is 0 Å². The van der Waals surface area contributed by atoms with Gasteiger partial charge in [-0.25, -0.2) is 0 Å². The molecule has 0 saturated heterocycles. The van der Waals surface area contributed by atoms with Gasteiger partial charge >= 0.3 is 0 Å². The summed E-state index contributed by atoms with van der Waals surface area (Å²) in [7, 11) is 0. The first-order chi connectivity index (χ1) is 17.7. The first-order valence-electron chi connectivity index (χ1n) is 12.6. The minimum atomic E-state index is 1.28. The van der Waals surface area contributed by atoms with Crippen LogP contribution in [0.5, 0.6) is 0 Å². The van der Waals surface area contributed by atoms with Crippen LogP contribution in [0.15, 0.2) is 121 Å². The summed E-state index contributed by atoms with van der Waals surface area (Å²) in [5.74, 6) is 0. The van der Waals surface area contributed by atoms with Crippen LogP contribution in [0.3, 0.4) is 0 Å². The van der Waals surface area contributed by atoms with E-state index in [1.165, 1.54) is 76.5 Å². The molecule has 0 aliphatic rings. The van der Waals surface area contributed by atoms with Crippen molar-refractivity contribution in [3.8, 4) is 22.3 Å². The summed E-state index contributed by atoms with van der Waals surface area (Å²) in [5, 5.41) is 10.4. The zero-order valence-electron chi connectivity index (χ0n) is 20.5. The summed E-state index contributed by atoms with van der Waals surface area (Å²) < 4.78 is 0. The van der Waals surface area contributed by atoms with Gasteiger partial charge in [-0.15, -0.1) is 0 Å². The predicted octanol–water partition coefficient (Wildman–Crippen LogP) is 10.3. The van der Waals surface area contributed by atoms with Gasteiger partial charge in [0, 0.05) is 0 Å². The van der Waals surface area contributed by atoms with Gasteiger partial charge in [-0.1, -0.05) is 115 Å². The van der Waals surface area contributed by atoms with Gasteiger partial charge in [0.15, 0.2) is 0 Å². The van der Waals surface area contributed by atoms with E-state index in [4.69, 9.17) is 0 Å². The van der Waals surface area contributed by atoms with Crippen molar-refractivity contribution in [2.45, 2.75) is 13.8 Å². The van der Waals surface area contributed by atoms with Crippen LogP contribution in [-0.2, 0) is 0 Å².